The molecule has 1 amide bonds. The summed E-state index contributed by atoms with van der Waals surface area (Å²) in [6.45, 7) is 6.72. The maximum Gasteiger partial charge on any atom is 0.266 e. The van der Waals surface area contributed by atoms with Gasteiger partial charge in [0.2, 0.25) is 0 Å². The molecule has 0 aromatic heterocycles. The van der Waals surface area contributed by atoms with Crippen molar-refractivity contribution in [1.82, 2.24) is 0 Å². The standard InChI is InChI=1S/C24H27N3O2/c1-16-14-24(2,3)27(4)22-11-6-17(13-21(16)22)12-18(15-25)23(28)26-19-7-9-20(29-5)10-8-19/h6-13,16H,14H2,1-5H3,(H,26,28)/b18-12-. The fraction of sp³-hybridized carbons (Fsp3) is 0.333. The summed E-state index contributed by atoms with van der Waals surface area (Å²) < 4.78 is 5.12. The second-order valence-corrected chi connectivity index (χ2v) is 8.15. The number of fused-ring (bicyclic) bond motifs is 1. The van der Waals surface area contributed by atoms with Crippen LogP contribution in [-0.4, -0.2) is 25.6 Å². The van der Waals surface area contributed by atoms with Gasteiger partial charge in [-0.05, 0) is 79.8 Å². The van der Waals surface area contributed by atoms with E-state index in [-0.39, 0.29) is 11.1 Å². The Kier molecular flexibility index (Phi) is 5.65. The fourth-order valence-corrected chi connectivity index (χ4v) is 3.87. The van der Waals surface area contributed by atoms with Crippen LogP contribution in [0.1, 0.15) is 44.2 Å². The minimum absolute atomic E-state index is 0.0675. The zero-order valence-corrected chi connectivity index (χ0v) is 17.6. The van der Waals surface area contributed by atoms with Gasteiger partial charge in [-0.1, -0.05) is 13.0 Å². The molecule has 0 fully saturated rings. The number of nitriles is 1. The van der Waals surface area contributed by atoms with E-state index in [0.29, 0.717) is 17.4 Å². The number of methoxy groups -OCH3 is 1. The summed E-state index contributed by atoms with van der Waals surface area (Å²) in [5.41, 5.74) is 4.07. The lowest BCUT2D eigenvalue weighted by Crippen LogP contribution is -2.45. The maximum absolute atomic E-state index is 12.6. The van der Waals surface area contributed by atoms with Crippen molar-refractivity contribution in [3.05, 3.63) is 59.2 Å². The van der Waals surface area contributed by atoms with E-state index in [0.717, 1.165) is 12.0 Å². The highest BCUT2D eigenvalue weighted by Crippen LogP contribution is 2.42. The van der Waals surface area contributed by atoms with E-state index in [4.69, 9.17) is 4.74 Å². The van der Waals surface area contributed by atoms with Crippen LogP contribution in [0.2, 0.25) is 0 Å². The molecule has 150 valence electrons. The number of hydrogen-bond acceptors (Lipinski definition) is 4. The lowest BCUT2D eigenvalue weighted by molar-refractivity contribution is -0.112. The third kappa shape index (κ3) is 4.27. The van der Waals surface area contributed by atoms with Gasteiger partial charge in [0, 0.05) is 24.0 Å². The van der Waals surface area contributed by atoms with Gasteiger partial charge < -0.3 is 15.0 Å². The molecule has 1 unspecified atom stereocenters. The quantitative estimate of drug-likeness (QED) is 0.593. The SMILES string of the molecule is COc1ccc(NC(=O)/C(C#N)=C\c2ccc3c(c2)C(C)CC(C)(C)N3C)cc1. The Morgan fingerprint density at radius 2 is 1.97 bits per heavy atom. The van der Waals surface area contributed by atoms with Crippen LogP contribution in [0, 0.1) is 11.3 Å². The molecule has 0 saturated heterocycles. The average molecular weight is 389 g/mol. The molecule has 1 aliphatic heterocycles. The molecule has 1 atom stereocenters. The van der Waals surface area contributed by atoms with Crippen LogP contribution in [-0.2, 0) is 4.79 Å². The minimum Gasteiger partial charge on any atom is -0.497 e. The fourth-order valence-electron chi connectivity index (χ4n) is 3.87. The average Bonchev–Trinajstić information content (AvgIpc) is 2.70. The van der Waals surface area contributed by atoms with E-state index in [1.165, 1.54) is 11.3 Å². The van der Waals surface area contributed by atoms with Crippen molar-refractivity contribution >= 4 is 23.4 Å². The van der Waals surface area contributed by atoms with Crippen molar-refractivity contribution in [2.24, 2.45) is 0 Å². The Morgan fingerprint density at radius 3 is 2.59 bits per heavy atom. The maximum atomic E-state index is 12.6. The molecule has 1 aliphatic rings. The first-order valence-electron chi connectivity index (χ1n) is 9.70. The number of amides is 1. The lowest BCUT2D eigenvalue weighted by atomic mass is 9.80. The normalized spacial score (nSPS) is 17.9. The molecule has 5 nitrogen and oxygen atoms in total. The van der Waals surface area contributed by atoms with Crippen LogP contribution in [0.5, 0.6) is 5.75 Å². The first kappa shape index (κ1) is 20.5. The van der Waals surface area contributed by atoms with Gasteiger partial charge >= 0.3 is 0 Å². The highest BCUT2D eigenvalue weighted by atomic mass is 16.5. The predicted molar refractivity (Wildman–Crippen MR) is 117 cm³/mol. The molecule has 2 aromatic rings. The lowest BCUT2D eigenvalue weighted by Gasteiger charge is -2.45. The topological polar surface area (TPSA) is 65.4 Å². The Labute approximate surface area is 172 Å². The molecular weight excluding hydrogens is 362 g/mol. The van der Waals surface area contributed by atoms with E-state index in [1.807, 2.05) is 12.1 Å². The largest absolute Gasteiger partial charge is 0.497 e. The number of nitrogens with zero attached hydrogens (tertiary/aromatic N) is 2. The van der Waals surface area contributed by atoms with Crippen molar-refractivity contribution in [1.29, 1.82) is 5.26 Å². The van der Waals surface area contributed by atoms with Crippen LogP contribution in [0.4, 0.5) is 11.4 Å². The van der Waals surface area contributed by atoms with Gasteiger partial charge in [0.15, 0.2) is 0 Å². The van der Waals surface area contributed by atoms with Crippen LogP contribution in [0.3, 0.4) is 0 Å². The summed E-state index contributed by atoms with van der Waals surface area (Å²) in [6.07, 6.45) is 2.69. The van der Waals surface area contributed by atoms with E-state index in [9.17, 15) is 10.1 Å². The Balaban J connectivity index is 1.85. The van der Waals surface area contributed by atoms with Gasteiger partial charge in [-0.15, -0.1) is 0 Å². The van der Waals surface area contributed by atoms with Crippen LogP contribution < -0.4 is 15.0 Å². The van der Waals surface area contributed by atoms with Crippen molar-refractivity contribution < 1.29 is 9.53 Å². The van der Waals surface area contributed by atoms with Crippen molar-refractivity contribution in [2.75, 3.05) is 24.4 Å². The number of carbonyl (C=O) groups excluding carboxylic acids is 1. The number of anilines is 2. The number of nitrogens with one attached hydrogen (secondary N) is 1. The second kappa shape index (κ2) is 8.00. The highest BCUT2D eigenvalue weighted by Gasteiger charge is 2.33. The summed E-state index contributed by atoms with van der Waals surface area (Å²) >= 11 is 0. The molecule has 0 bridgehead atoms. The first-order chi connectivity index (χ1) is 13.7. The number of benzene rings is 2. The number of hydrogen-bond donors (Lipinski definition) is 1. The zero-order chi connectivity index (χ0) is 21.2. The van der Waals surface area contributed by atoms with Crippen molar-refractivity contribution in [2.45, 2.75) is 38.6 Å². The number of rotatable bonds is 4. The van der Waals surface area contributed by atoms with Gasteiger partial charge in [0.05, 0.1) is 7.11 Å². The summed E-state index contributed by atoms with van der Waals surface area (Å²) in [5, 5.41) is 12.3. The van der Waals surface area contributed by atoms with Gasteiger partial charge in [0.1, 0.15) is 17.4 Å². The molecule has 2 aromatic carbocycles. The van der Waals surface area contributed by atoms with Gasteiger partial charge in [0.25, 0.3) is 5.91 Å². The van der Waals surface area contributed by atoms with Crippen LogP contribution in [0.15, 0.2) is 48.0 Å². The molecule has 5 heteroatoms. The summed E-state index contributed by atoms with van der Waals surface area (Å²) in [6, 6.07) is 15.1. The zero-order valence-electron chi connectivity index (χ0n) is 17.6. The number of carbonyl (C=O) groups is 1. The minimum atomic E-state index is -0.429. The van der Waals surface area contributed by atoms with Gasteiger partial charge in [-0.25, -0.2) is 0 Å². The molecule has 0 aliphatic carbocycles. The predicted octanol–water partition coefficient (Wildman–Crippen LogP) is 4.96. The molecule has 3 rings (SSSR count). The molecule has 29 heavy (non-hydrogen) atoms. The second-order valence-electron chi connectivity index (χ2n) is 8.15. The van der Waals surface area contributed by atoms with E-state index < -0.39 is 5.91 Å². The molecule has 1 N–H and O–H groups in total. The van der Waals surface area contributed by atoms with Crippen molar-refractivity contribution in [3.8, 4) is 11.8 Å². The Bertz CT molecular complexity index is 984. The molecule has 0 radical (unpaired) electrons. The summed E-state index contributed by atoms with van der Waals surface area (Å²) in [7, 11) is 3.70. The van der Waals surface area contributed by atoms with E-state index in [1.54, 1.807) is 37.5 Å². The Morgan fingerprint density at radius 1 is 1.28 bits per heavy atom. The summed E-state index contributed by atoms with van der Waals surface area (Å²) in [4.78, 5) is 14.9. The van der Waals surface area contributed by atoms with Crippen LogP contribution >= 0.6 is 0 Å². The van der Waals surface area contributed by atoms with Gasteiger partial charge in [-0.3, -0.25) is 4.79 Å². The van der Waals surface area contributed by atoms with Crippen molar-refractivity contribution in [3.63, 3.8) is 0 Å². The third-order valence-corrected chi connectivity index (χ3v) is 5.68. The van der Waals surface area contributed by atoms with Crippen LogP contribution in [0.25, 0.3) is 6.08 Å². The monoisotopic (exact) mass is 389 g/mol. The van der Waals surface area contributed by atoms with E-state index in [2.05, 4.69) is 50.2 Å². The molecule has 0 spiro atoms. The summed E-state index contributed by atoms with van der Waals surface area (Å²) in [5.74, 6) is 0.681. The molecule has 1 heterocycles. The third-order valence-electron chi connectivity index (χ3n) is 5.68. The smallest absolute Gasteiger partial charge is 0.266 e. The number of ether oxygens (including phenoxy) is 1. The van der Waals surface area contributed by atoms with Gasteiger partial charge in [-0.2, -0.15) is 5.26 Å². The van der Waals surface area contributed by atoms with E-state index >= 15 is 0 Å². The highest BCUT2D eigenvalue weighted by molar-refractivity contribution is 6.09. The first-order valence-corrected chi connectivity index (χ1v) is 9.70. The molecule has 0 saturated carbocycles. The Hall–Kier alpha value is -3.26. The molecular formula is C24H27N3O2.